The second-order valence-corrected chi connectivity index (χ2v) is 25.7. The Hall–Kier alpha value is -8.01. The number of terminal acetylenes is 3. The monoisotopic (exact) mass is 1170 g/mol. The lowest BCUT2D eigenvalue weighted by atomic mass is 9.91. The summed E-state index contributed by atoms with van der Waals surface area (Å²) >= 11 is 0. The van der Waals surface area contributed by atoms with Gasteiger partial charge in [0.1, 0.15) is 0 Å². The lowest BCUT2D eigenvalue weighted by Gasteiger charge is -2.27. The smallest absolute Gasteiger partial charge is 0.224 e. The van der Waals surface area contributed by atoms with Crippen molar-refractivity contribution in [2.24, 2.45) is 35.5 Å². The maximum Gasteiger partial charge on any atom is 0.224 e. The fraction of sp³-hybridized carbons (Fsp3) is 0.480. The van der Waals surface area contributed by atoms with Gasteiger partial charge >= 0.3 is 0 Å². The lowest BCUT2D eigenvalue weighted by molar-refractivity contribution is -0.134. The molecule has 0 saturated carbocycles. The molecule has 456 valence electrons. The van der Waals surface area contributed by atoms with E-state index in [1.807, 2.05) is 84.0 Å². The van der Waals surface area contributed by atoms with Crippen LogP contribution in [-0.2, 0) is 14.4 Å². The minimum Gasteiger partial charge on any atom is -0.326 e. The topological polar surface area (TPSA) is 151 Å². The Kier molecular flexibility index (Phi) is 21.9. The zero-order valence-electron chi connectivity index (χ0n) is 53.9. The number of Topliss-reactive ketones (excluding diaryl/α,β-unsaturated/α-hetero) is 3. The van der Waals surface area contributed by atoms with Crippen LogP contribution in [0.5, 0.6) is 0 Å². The third-order valence-corrected chi connectivity index (χ3v) is 19.7. The summed E-state index contributed by atoms with van der Waals surface area (Å²) in [7, 11) is 0. The summed E-state index contributed by atoms with van der Waals surface area (Å²) < 4.78 is 0. The number of fused-ring (bicyclic) bond motifs is 3. The Balaban J connectivity index is 0.000000186. The maximum atomic E-state index is 13.1. The minimum atomic E-state index is -0.197. The van der Waals surface area contributed by atoms with E-state index in [9.17, 15) is 28.8 Å². The Bertz CT molecular complexity index is 3660. The van der Waals surface area contributed by atoms with E-state index >= 15 is 0 Å². The van der Waals surface area contributed by atoms with Crippen LogP contribution in [0.2, 0.25) is 0 Å². The normalized spacial score (nSPS) is 24.1. The number of nitrogens with zero attached hydrogens (tertiary/aromatic N) is 6. The molecule has 3 saturated heterocycles. The highest BCUT2D eigenvalue weighted by Crippen LogP contribution is 2.39. The van der Waals surface area contributed by atoms with Gasteiger partial charge in [0, 0.05) is 108 Å². The molecule has 12 nitrogen and oxygen atoms in total. The number of rotatable bonds is 15. The number of ketones is 3. The molecule has 9 rings (SSSR count). The van der Waals surface area contributed by atoms with Crippen molar-refractivity contribution in [2.75, 3.05) is 0 Å². The van der Waals surface area contributed by atoms with Gasteiger partial charge in [0.25, 0.3) is 0 Å². The van der Waals surface area contributed by atoms with Crippen LogP contribution in [0.25, 0.3) is 32.7 Å². The Morgan fingerprint density at radius 3 is 1.22 bits per heavy atom. The summed E-state index contributed by atoms with van der Waals surface area (Å²) in [5, 5.41) is 2.60. The summed E-state index contributed by atoms with van der Waals surface area (Å²) in [5.41, 5.74) is 7.81. The van der Waals surface area contributed by atoms with Gasteiger partial charge in [-0.25, -0.2) is 0 Å². The van der Waals surface area contributed by atoms with Gasteiger partial charge in [0.15, 0.2) is 17.3 Å². The highest BCUT2D eigenvalue weighted by atomic mass is 16.2. The molecule has 12 unspecified atom stereocenters. The van der Waals surface area contributed by atoms with Crippen LogP contribution in [0.15, 0.2) is 91.4 Å². The molecule has 0 spiro atoms. The van der Waals surface area contributed by atoms with E-state index in [2.05, 4.69) is 122 Å². The second-order valence-electron chi connectivity index (χ2n) is 25.7. The predicted molar refractivity (Wildman–Crippen MR) is 350 cm³/mol. The van der Waals surface area contributed by atoms with Crippen LogP contribution in [0.4, 0.5) is 0 Å². The summed E-state index contributed by atoms with van der Waals surface area (Å²) in [6.07, 6.45) is 23.2. The number of likely N-dealkylation sites (tertiary alicyclic amines) is 3. The van der Waals surface area contributed by atoms with Crippen LogP contribution < -0.4 is 0 Å². The third kappa shape index (κ3) is 14.1. The van der Waals surface area contributed by atoms with E-state index in [4.69, 9.17) is 19.3 Å². The molecule has 3 aliphatic rings. The molecule has 3 aromatic heterocycles. The number of benzene rings is 3. The molecular weight excluding hydrogens is 1080 g/mol. The van der Waals surface area contributed by atoms with Crippen molar-refractivity contribution in [1.29, 1.82) is 0 Å². The van der Waals surface area contributed by atoms with Crippen molar-refractivity contribution < 1.29 is 28.8 Å². The highest BCUT2D eigenvalue weighted by molar-refractivity contribution is 6.10. The van der Waals surface area contributed by atoms with E-state index in [1.165, 1.54) is 11.1 Å². The van der Waals surface area contributed by atoms with Gasteiger partial charge in [-0.3, -0.25) is 43.7 Å². The number of pyridine rings is 3. The van der Waals surface area contributed by atoms with E-state index in [0.29, 0.717) is 46.3 Å². The van der Waals surface area contributed by atoms with Gasteiger partial charge < -0.3 is 14.7 Å². The molecule has 12 atom stereocenters. The average Bonchev–Trinajstić information content (AvgIpc) is 1.57. The van der Waals surface area contributed by atoms with Crippen LogP contribution in [0.3, 0.4) is 0 Å². The van der Waals surface area contributed by atoms with Gasteiger partial charge in [-0.1, -0.05) is 131 Å². The van der Waals surface area contributed by atoms with Crippen molar-refractivity contribution in [3.05, 3.63) is 125 Å². The van der Waals surface area contributed by atoms with Crippen molar-refractivity contribution >= 4 is 67.8 Å². The second kappa shape index (κ2) is 28.7. The summed E-state index contributed by atoms with van der Waals surface area (Å²) in [6.45, 7) is 31.5. The molecule has 3 aromatic carbocycles. The number of aromatic nitrogens is 3. The zero-order chi connectivity index (χ0) is 63.9. The summed E-state index contributed by atoms with van der Waals surface area (Å²) in [6, 6.07) is 23.0. The average molecular weight is 1170 g/mol. The zero-order valence-corrected chi connectivity index (χ0v) is 53.9. The van der Waals surface area contributed by atoms with Crippen molar-refractivity contribution in [3.8, 4) is 37.0 Å². The van der Waals surface area contributed by atoms with Gasteiger partial charge in [-0.15, -0.1) is 19.3 Å². The molecule has 0 N–H and O–H groups in total. The van der Waals surface area contributed by atoms with E-state index < -0.39 is 0 Å². The molecule has 0 bridgehead atoms. The highest BCUT2D eigenvalue weighted by Gasteiger charge is 2.46. The van der Waals surface area contributed by atoms with E-state index in [1.54, 1.807) is 36.8 Å². The van der Waals surface area contributed by atoms with Crippen LogP contribution in [0.1, 0.15) is 208 Å². The van der Waals surface area contributed by atoms with Gasteiger partial charge in [-0.2, -0.15) is 0 Å². The summed E-state index contributed by atoms with van der Waals surface area (Å²) in [4.78, 5) is 96.4. The molecular formula is C75H90N6O6. The minimum absolute atomic E-state index is 0.0240. The van der Waals surface area contributed by atoms with Crippen LogP contribution >= 0.6 is 0 Å². The number of hydrogen-bond acceptors (Lipinski definition) is 9. The van der Waals surface area contributed by atoms with Crippen molar-refractivity contribution in [2.45, 2.75) is 196 Å². The maximum absolute atomic E-state index is 13.1. The molecule has 12 heteroatoms. The third-order valence-electron chi connectivity index (χ3n) is 19.7. The van der Waals surface area contributed by atoms with Crippen LogP contribution in [0, 0.1) is 72.5 Å². The SMILES string of the molecule is C#CC1C(C)C(C)C(C)N1C(=O)CCC(=O)c1ccnc2cc(C(C)C)ccc12.C#CC1C(C)C(C)C(C)N1C(=O)CCC(=O)c1ccnc2ccc(C(C)C)cc12.C#CC1C(C)C(C)C(C)N1C(=O)CCC(=O)c1ccnc2cccc(C(C)C)c12. The lowest BCUT2D eigenvalue weighted by Crippen LogP contribution is -2.41. The molecule has 3 amide bonds. The fourth-order valence-electron chi connectivity index (χ4n) is 13.2. The van der Waals surface area contributed by atoms with Gasteiger partial charge in [-0.05, 0) is 133 Å². The number of amides is 3. The molecule has 0 radical (unpaired) electrons. The quantitative estimate of drug-likeness (QED) is 0.0723. The Morgan fingerprint density at radius 2 is 0.793 bits per heavy atom. The molecule has 3 aliphatic heterocycles. The first-order chi connectivity index (χ1) is 41.3. The molecule has 0 aliphatic carbocycles. The molecule has 87 heavy (non-hydrogen) atoms. The first-order valence-electron chi connectivity index (χ1n) is 31.4. The fourth-order valence-corrected chi connectivity index (χ4v) is 13.2. The number of carbonyl (C=O) groups is 6. The van der Waals surface area contributed by atoms with Crippen molar-refractivity contribution in [1.82, 2.24) is 29.7 Å². The Morgan fingerprint density at radius 1 is 0.414 bits per heavy atom. The van der Waals surface area contributed by atoms with Gasteiger partial charge in [0.05, 0.1) is 34.7 Å². The van der Waals surface area contributed by atoms with Crippen LogP contribution in [-0.4, -0.2) is 101 Å². The number of hydrogen-bond donors (Lipinski definition) is 0. The van der Waals surface area contributed by atoms with E-state index in [-0.39, 0.29) is 134 Å². The summed E-state index contributed by atoms with van der Waals surface area (Å²) in [5.74, 6) is 11.0. The molecule has 6 heterocycles. The van der Waals surface area contributed by atoms with Gasteiger partial charge in [0.2, 0.25) is 17.7 Å². The largest absolute Gasteiger partial charge is 0.326 e. The van der Waals surface area contributed by atoms with E-state index in [0.717, 1.165) is 38.3 Å². The first-order valence-corrected chi connectivity index (χ1v) is 31.4. The number of carbonyl (C=O) groups excluding carboxylic acids is 6. The molecule has 3 fully saturated rings. The standard InChI is InChI=1S/3C25H30N2O2/c1-7-23-17(5)16(4)18(6)27(23)25(29)11-10-24(28)20-12-13-26-22-9-8-19(15(2)3)14-21(20)22;1-7-23-17(5)16(4)18(6)27(23)25(29)11-10-24(28)21-12-13-26-22-14-19(15(2)3)8-9-20(21)22;1-7-22-17(5)16(4)18(6)27(22)24(29)12-11-23(28)20-13-14-26-21-10-8-9-19(15(2)3)25(20)21/h2*1,8-9,12-18,23H,10-11H2,2-6H3;1,8-10,13-18,22H,11-12H2,2-6H3. The first kappa shape index (κ1) is 66.5. The predicted octanol–water partition coefficient (Wildman–Crippen LogP) is 14.5. The molecule has 6 aromatic rings. The Labute approximate surface area is 517 Å². The van der Waals surface area contributed by atoms with Crippen molar-refractivity contribution in [3.63, 3.8) is 0 Å².